The van der Waals surface area contributed by atoms with Crippen LogP contribution in [-0.4, -0.2) is 22.2 Å². The fraction of sp³-hybridized carbons (Fsp3) is 0.176. The molecule has 2 aromatic carbocycles. The van der Waals surface area contributed by atoms with E-state index in [0.717, 1.165) is 12.1 Å². The Morgan fingerprint density at radius 3 is 2.44 bits per heavy atom. The van der Waals surface area contributed by atoms with Crippen molar-refractivity contribution in [2.75, 3.05) is 12.4 Å². The molecule has 0 bridgehead atoms. The smallest absolute Gasteiger partial charge is 0.416 e. The average molecular weight is 349 g/mol. The van der Waals surface area contributed by atoms with E-state index in [9.17, 15) is 18.3 Å². The van der Waals surface area contributed by atoms with Crippen molar-refractivity contribution in [3.05, 3.63) is 53.9 Å². The number of nitrogens with one attached hydrogen (secondary N) is 1. The predicted octanol–water partition coefficient (Wildman–Crippen LogP) is 3.89. The van der Waals surface area contributed by atoms with Crippen molar-refractivity contribution < 1.29 is 23.0 Å². The zero-order chi connectivity index (χ0) is 18.0. The van der Waals surface area contributed by atoms with E-state index in [1.165, 1.54) is 25.6 Å². The van der Waals surface area contributed by atoms with Crippen LogP contribution in [0.2, 0.25) is 0 Å². The normalized spacial score (nSPS) is 11.6. The highest BCUT2D eigenvalue weighted by Gasteiger charge is 2.29. The molecule has 0 aliphatic carbocycles. The lowest BCUT2D eigenvalue weighted by molar-refractivity contribution is -0.137. The van der Waals surface area contributed by atoms with Crippen molar-refractivity contribution in [2.45, 2.75) is 12.8 Å². The fourth-order valence-corrected chi connectivity index (χ4v) is 2.42. The number of alkyl halides is 3. The number of aliphatic hydroxyl groups excluding tert-OH is 1. The molecule has 0 aliphatic rings. The molecule has 25 heavy (non-hydrogen) atoms. The van der Waals surface area contributed by atoms with Crippen LogP contribution in [0.15, 0.2) is 42.7 Å². The zero-order valence-corrected chi connectivity index (χ0v) is 13.1. The van der Waals surface area contributed by atoms with Crippen LogP contribution in [0.5, 0.6) is 5.75 Å². The quantitative estimate of drug-likeness (QED) is 0.748. The molecule has 3 rings (SSSR count). The molecule has 0 saturated heterocycles. The Kier molecular flexibility index (Phi) is 4.45. The van der Waals surface area contributed by atoms with E-state index in [-0.39, 0.29) is 6.61 Å². The predicted molar refractivity (Wildman–Crippen MR) is 86.7 cm³/mol. The van der Waals surface area contributed by atoms with Crippen LogP contribution in [0.25, 0.3) is 10.9 Å². The van der Waals surface area contributed by atoms with E-state index in [2.05, 4.69) is 15.3 Å². The Bertz CT molecular complexity index is 896. The van der Waals surface area contributed by atoms with E-state index < -0.39 is 11.7 Å². The van der Waals surface area contributed by atoms with Gasteiger partial charge < -0.3 is 15.2 Å². The van der Waals surface area contributed by atoms with Crippen molar-refractivity contribution >= 4 is 22.4 Å². The summed E-state index contributed by atoms with van der Waals surface area (Å²) < 4.78 is 43.1. The second-order valence-corrected chi connectivity index (χ2v) is 5.26. The van der Waals surface area contributed by atoms with Crippen LogP contribution in [0.4, 0.5) is 24.7 Å². The van der Waals surface area contributed by atoms with Gasteiger partial charge in [-0.05, 0) is 36.4 Å². The van der Waals surface area contributed by atoms with Gasteiger partial charge in [-0.2, -0.15) is 13.2 Å². The SMILES string of the molecule is COc1cc2c(Nc3ccc(C(F)(F)F)cc3)ncnc2cc1CO. The van der Waals surface area contributed by atoms with Crippen LogP contribution < -0.4 is 10.1 Å². The number of nitrogens with zero attached hydrogens (tertiary/aromatic N) is 2. The number of aliphatic hydroxyl groups is 1. The Morgan fingerprint density at radius 2 is 1.84 bits per heavy atom. The molecule has 0 amide bonds. The molecule has 130 valence electrons. The zero-order valence-electron chi connectivity index (χ0n) is 13.1. The number of rotatable bonds is 4. The molecule has 0 spiro atoms. The van der Waals surface area contributed by atoms with Crippen molar-refractivity contribution in [1.29, 1.82) is 0 Å². The van der Waals surface area contributed by atoms with Gasteiger partial charge in [-0.1, -0.05) is 0 Å². The van der Waals surface area contributed by atoms with Crippen molar-refractivity contribution in [3.63, 3.8) is 0 Å². The van der Waals surface area contributed by atoms with Gasteiger partial charge in [-0.15, -0.1) is 0 Å². The molecule has 2 N–H and O–H groups in total. The molecule has 0 radical (unpaired) electrons. The first-order chi connectivity index (χ1) is 11.9. The van der Waals surface area contributed by atoms with Gasteiger partial charge in [-0.3, -0.25) is 0 Å². The van der Waals surface area contributed by atoms with Gasteiger partial charge in [0.1, 0.15) is 17.9 Å². The molecule has 0 saturated carbocycles. The second kappa shape index (κ2) is 6.56. The topological polar surface area (TPSA) is 67.3 Å². The minimum atomic E-state index is -4.38. The molecular formula is C17H14F3N3O2. The first-order valence-corrected chi connectivity index (χ1v) is 7.29. The minimum Gasteiger partial charge on any atom is -0.496 e. The summed E-state index contributed by atoms with van der Waals surface area (Å²) in [5.41, 5.74) is 0.890. The third-order valence-electron chi connectivity index (χ3n) is 3.68. The molecule has 3 aromatic rings. The molecule has 0 unspecified atom stereocenters. The van der Waals surface area contributed by atoms with Crippen molar-refractivity contribution in [1.82, 2.24) is 9.97 Å². The number of ether oxygens (including phenoxy) is 1. The van der Waals surface area contributed by atoms with Gasteiger partial charge in [-0.25, -0.2) is 9.97 Å². The lowest BCUT2D eigenvalue weighted by Gasteiger charge is -2.12. The third-order valence-corrected chi connectivity index (χ3v) is 3.68. The molecule has 0 atom stereocenters. The fourth-order valence-electron chi connectivity index (χ4n) is 2.42. The Hall–Kier alpha value is -2.87. The molecule has 5 nitrogen and oxygen atoms in total. The first kappa shape index (κ1) is 17.0. The van der Waals surface area contributed by atoms with Crippen LogP contribution in [0.1, 0.15) is 11.1 Å². The van der Waals surface area contributed by atoms with Gasteiger partial charge in [0, 0.05) is 16.6 Å². The van der Waals surface area contributed by atoms with E-state index in [1.807, 2.05) is 0 Å². The summed E-state index contributed by atoms with van der Waals surface area (Å²) in [5.74, 6) is 0.896. The lowest BCUT2D eigenvalue weighted by atomic mass is 10.1. The minimum absolute atomic E-state index is 0.204. The Morgan fingerprint density at radius 1 is 1.12 bits per heavy atom. The van der Waals surface area contributed by atoms with Crippen molar-refractivity contribution in [3.8, 4) is 5.75 Å². The van der Waals surface area contributed by atoms with Crippen LogP contribution in [0, 0.1) is 0 Å². The molecule has 1 aromatic heterocycles. The third kappa shape index (κ3) is 3.48. The standard InChI is InChI=1S/C17H14F3N3O2/c1-25-15-7-13-14(6-10(15)8-24)21-9-22-16(13)23-12-4-2-11(3-5-12)17(18,19)20/h2-7,9,24H,8H2,1H3,(H,21,22,23). The van der Waals surface area contributed by atoms with Crippen molar-refractivity contribution in [2.24, 2.45) is 0 Å². The number of hydrogen-bond acceptors (Lipinski definition) is 5. The van der Waals surface area contributed by atoms with E-state index >= 15 is 0 Å². The summed E-state index contributed by atoms with van der Waals surface area (Å²) >= 11 is 0. The number of aromatic nitrogens is 2. The highest BCUT2D eigenvalue weighted by molar-refractivity contribution is 5.92. The number of hydrogen-bond donors (Lipinski definition) is 2. The largest absolute Gasteiger partial charge is 0.496 e. The number of fused-ring (bicyclic) bond motifs is 1. The number of anilines is 2. The van der Waals surface area contributed by atoms with Crippen LogP contribution >= 0.6 is 0 Å². The van der Waals surface area contributed by atoms with E-state index in [1.54, 1.807) is 12.1 Å². The highest BCUT2D eigenvalue weighted by atomic mass is 19.4. The van der Waals surface area contributed by atoms with Gasteiger partial charge in [0.2, 0.25) is 0 Å². The summed E-state index contributed by atoms with van der Waals surface area (Å²) in [6.45, 7) is -0.204. The summed E-state index contributed by atoms with van der Waals surface area (Å²) in [6.07, 6.45) is -3.05. The first-order valence-electron chi connectivity index (χ1n) is 7.29. The van der Waals surface area contributed by atoms with Gasteiger partial charge in [0.25, 0.3) is 0 Å². The van der Waals surface area contributed by atoms with Gasteiger partial charge in [0.15, 0.2) is 0 Å². The summed E-state index contributed by atoms with van der Waals surface area (Å²) in [4.78, 5) is 8.29. The summed E-state index contributed by atoms with van der Waals surface area (Å²) in [7, 11) is 1.48. The maximum atomic E-state index is 12.6. The van der Waals surface area contributed by atoms with Gasteiger partial charge in [0.05, 0.1) is 24.8 Å². The maximum absolute atomic E-state index is 12.6. The van der Waals surface area contributed by atoms with Crippen LogP contribution in [-0.2, 0) is 12.8 Å². The summed E-state index contributed by atoms with van der Waals surface area (Å²) in [6, 6.07) is 8.00. The second-order valence-electron chi connectivity index (χ2n) is 5.26. The number of benzene rings is 2. The van der Waals surface area contributed by atoms with Gasteiger partial charge >= 0.3 is 6.18 Å². The molecule has 1 heterocycles. The lowest BCUT2D eigenvalue weighted by Crippen LogP contribution is -2.04. The molecule has 8 heteroatoms. The summed E-state index contributed by atoms with van der Waals surface area (Å²) in [5, 5.41) is 13.0. The highest BCUT2D eigenvalue weighted by Crippen LogP contribution is 2.32. The number of methoxy groups -OCH3 is 1. The Labute approximate surface area is 141 Å². The van der Waals surface area contributed by atoms with E-state index in [0.29, 0.717) is 33.7 Å². The molecular weight excluding hydrogens is 335 g/mol. The monoisotopic (exact) mass is 349 g/mol. The number of halogens is 3. The van der Waals surface area contributed by atoms with E-state index in [4.69, 9.17) is 4.74 Å². The molecule has 0 fully saturated rings. The molecule has 0 aliphatic heterocycles. The Balaban J connectivity index is 1.98. The average Bonchev–Trinajstić information content (AvgIpc) is 2.60. The van der Waals surface area contributed by atoms with Crippen LogP contribution in [0.3, 0.4) is 0 Å². The maximum Gasteiger partial charge on any atom is 0.416 e.